The summed E-state index contributed by atoms with van der Waals surface area (Å²) in [7, 11) is 3.15. The molecule has 2 aromatic heterocycles. The van der Waals surface area contributed by atoms with Gasteiger partial charge in [-0.2, -0.15) is 0 Å². The maximum Gasteiger partial charge on any atom is 0.230 e. The predicted molar refractivity (Wildman–Crippen MR) is 120 cm³/mol. The van der Waals surface area contributed by atoms with Crippen LogP contribution in [0.5, 0.6) is 11.5 Å². The number of benzene rings is 2. The van der Waals surface area contributed by atoms with E-state index in [9.17, 15) is 4.79 Å². The van der Waals surface area contributed by atoms with Crippen LogP contribution < -0.4 is 14.8 Å². The van der Waals surface area contributed by atoms with Crippen molar-refractivity contribution >= 4 is 27.9 Å². The highest BCUT2D eigenvalue weighted by molar-refractivity contribution is 7.15. The number of amides is 1. The zero-order valence-corrected chi connectivity index (χ0v) is 18.2. The number of hydrogen-bond acceptors (Lipinski definition) is 5. The number of anilines is 1. The minimum absolute atomic E-state index is 0.125. The number of rotatable bonds is 6. The third kappa shape index (κ3) is 3.89. The van der Waals surface area contributed by atoms with Crippen LogP contribution in [0.1, 0.15) is 16.8 Å². The van der Waals surface area contributed by atoms with Crippen LogP contribution in [-0.2, 0) is 11.2 Å². The summed E-state index contributed by atoms with van der Waals surface area (Å²) in [5.74, 6) is 1.10. The zero-order valence-electron chi connectivity index (χ0n) is 17.4. The standard InChI is InChI=1S/C23H23N3O3S/c1-14-5-6-16(9-15(14)2)20-12-26-17(13-30-23(26)25-20)10-22(27)24-19-8-7-18(28-3)11-21(19)29-4/h5-9,11-13H,10H2,1-4H3,(H,24,27). The zero-order chi connectivity index (χ0) is 21.3. The molecule has 0 aliphatic heterocycles. The number of nitrogens with zero attached hydrogens (tertiary/aromatic N) is 2. The first kappa shape index (κ1) is 20.0. The van der Waals surface area contributed by atoms with Gasteiger partial charge in [-0.15, -0.1) is 11.3 Å². The molecule has 6 nitrogen and oxygen atoms in total. The van der Waals surface area contributed by atoms with E-state index in [-0.39, 0.29) is 12.3 Å². The van der Waals surface area contributed by atoms with Gasteiger partial charge in [-0.25, -0.2) is 4.98 Å². The van der Waals surface area contributed by atoms with Crippen molar-refractivity contribution in [1.29, 1.82) is 0 Å². The molecule has 4 aromatic rings. The van der Waals surface area contributed by atoms with Gasteiger partial charge in [-0.1, -0.05) is 12.1 Å². The number of aryl methyl sites for hydroxylation is 2. The molecule has 1 N–H and O–H groups in total. The van der Waals surface area contributed by atoms with Gasteiger partial charge in [0.1, 0.15) is 11.5 Å². The summed E-state index contributed by atoms with van der Waals surface area (Å²) in [6.07, 6.45) is 2.23. The van der Waals surface area contributed by atoms with Crippen LogP contribution in [0, 0.1) is 13.8 Å². The van der Waals surface area contributed by atoms with Gasteiger partial charge in [0.05, 0.1) is 32.0 Å². The van der Waals surface area contributed by atoms with Crippen molar-refractivity contribution in [2.75, 3.05) is 19.5 Å². The quantitative estimate of drug-likeness (QED) is 0.482. The van der Waals surface area contributed by atoms with Gasteiger partial charge < -0.3 is 14.8 Å². The molecule has 0 saturated heterocycles. The van der Waals surface area contributed by atoms with E-state index in [1.807, 2.05) is 16.0 Å². The second-order valence-electron chi connectivity index (χ2n) is 7.10. The molecule has 0 aliphatic carbocycles. The Labute approximate surface area is 179 Å². The first-order chi connectivity index (χ1) is 14.5. The highest BCUT2D eigenvalue weighted by atomic mass is 32.1. The number of fused-ring (bicyclic) bond motifs is 1. The molecule has 154 valence electrons. The minimum atomic E-state index is -0.125. The van der Waals surface area contributed by atoms with Gasteiger partial charge in [0.2, 0.25) is 5.91 Å². The average molecular weight is 422 g/mol. The molecular formula is C23H23N3O3S. The second kappa shape index (κ2) is 8.20. The fourth-order valence-electron chi connectivity index (χ4n) is 3.26. The summed E-state index contributed by atoms with van der Waals surface area (Å²) in [6.45, 7) is 4.19. The van der Waals surface area contributed by atoms with E-state index < -0.39 is 0 Å². The molecule has 0 saturated carbocycles. The molecule has 0 fully saturated rings. The Bertz CT molecular complexity index is 1230. The van der Waals surface area contributed by atoms with E-state index in [2.05, 4.69) is 37.4 Å². The maximum atomic E-state index is 12.7. The molecule has 0 aliphatic rings. The van der Waals surface area contributed by atoms with E-state index in [1.54, 1.807) is 32.4 Å². The summed E-state index contributed by atoms with van der Waals surface area (Å²) in [5, 5.41) is 4.89. The number of thiazole rings is 1. The van der Waals surface area contributed by atoms with Crippen molar-refractivity contribution in [1.82, 2.24) is 9.38 Å². The molecular weight excluding hydrogens is 398 g/mol. The molecule has 30 heavy (non-hydrogen) atoms. The molecule has 4 rings (SSSR count). The first-order valence-corrected chi connectivity index (χ1v) is 10.4. The molecule has 0 unspecified atom stereocenters. The van der Waals surface area contributed by atoms with Crippen molar-refractivity contribution in [3.05, 3.63) is 64.8 Å². The van der Waals surface area contributed by atoms with Crippen molar-refractivity contribution in [3.63, 3.8) is 0 Å². The Balaban J connectivity index is 1.55. The summed E-state index contributed by atoms with van der Waals surface area (Å²) in [4.78, 5) is 18.3. The minimum Gasteiger partial charge on any atom is -0.497 e. The highest BCUT2D eigenvalue weighted by Crippen LogP contribution is 2.30. The third-order valence-corrected chi connectivity index (χ3v) is 6.00. The Hall–Kier alpha value is -3.32. The lowest BCUT2D eigenvalue weighted by Gasteiger charge is -2.11. The van der Waals surface area contributed by atoms with Crippen molar-refractivity contribution in [2.24, 2.45) is 0 Å². The summed E-state index contributed by atoms with van der Waals surface area (Å²) < 4.78 is 12.5. The molecule has 0 bridgehead atoms. The lowest BCUT2D eigenvalue weighted by Crippen LogP contribution is -2.15. The van der Waals surface area contributed by atoms with E-state index in [0.717, 1.165) is 21.9 Å². The largest absolute Gasteiger partial charge is 0.497 e. The lowest BCUT2D eigenvalue weighted by molar-refractivity contribution is -0.115. The average Bonchev–Trinajstić information content (AvgIpc) is 3.32. The van der Waals surface area contributed by atoms with Crippen LogP contribution in [0.4, 0.5) is 5.69 Å². The van der Waals surface area contributed by atoms with Crippen LogP contribution in [0.3, 0.4) is 0 Å². The topological polar surface area (TPSA) is 64.9 Å². The van der Waals surface area contributed by atoms with Crippen molar-refractivity contribution in [2.45, 2.75) is 20.3 Å². The predicted octanol–water partition coefficient (Wildman–Crippen LogP) is 4.88. The van der Waals surface area contributed by atoms with Gasteiger partial charge in [-0.3, -0.25) is 9.20 Å². The molecule has 7 heteroatoms. The smallest absolute Gasteiger partial charge is 0.230 e. The van der Waals surface area contributed by atoms with Crippen LogP contribution in [0.2, 0.25) is 0 Å². The van der Waals surface area contributed by atoms with Gasteiger partial charge in [0.25, 0.3) is 0 Å². The maximum absolute atomic E-state index is 12.7. The van der Waals surface area contributed by atoms with E-state index in [0.29, 0.717) is 17.2 Å². The lowest BCUT2D eigenvalue weighted by atomic mass is 10.0. The van der Waals surface area contributed by atoms with Crippen LogP contribution in [-0.4, -0.2) is 29.5 Å². The van der Waals surface area contributed by atoms with Gasteiger partial charge >= 0.3 is 0 Å². The molecule has 0 spiro atoms. The summed E-state index contributed by atoms with van der Waals surface area (Å²) in [6, 6.07) is 11.6. The Morgan fingerprint density at radius 2 is 1.93 bits per heavy atom. The Morgan fingerprint density at radius 1 is 1.10 bits per heavy atom. The normalized spacial score (nSPS) is 10.9. The Kier molecular flexibility index (Phi) is 5.46. The number of imidazole rings is 1. The fourth-order valence-corrected chi connectivity index (χ4v) is 4.13. The van der Waals surface area contributed by atoms with Crippen LogP contribution >= 0.6 is 11.3 Å². The van der Waals surface area contributed by atoms with Crippen LogP contribution in [0.25, 0.3) is 16.2 Å². The Morgan fingerprint density at radius 3 is 2.67 bits per heavy atom. The third-order valence-electron chi connectivity index (χ3n) is 5.11. The molecule has 1 amide bonds. The number of nitrogens with one attached hydrogen (secondary N) is 1. The van der Waals surface area contributed by atoms with Gasteiger partial charge in [0.15, 0.2) is 4.96 Å². The molecule has 0 atom stereocenters. The first-order valence-electron chi connectivity index (χ1n) is 9.53. The fraction of sp³-hybridized carbons (Fsp3) is 0.217. The number of hydrogen-bond donors (Lipinski definition) is 1. The van der Waals surface area contributed by atoms with Gasteiger partial charge in [-0.05, 0) is 43.2 Å². The second-order valence-corrected chi connectivity index (χ2v) is 7.93. The van der Waals surface area contributed by atoms with Crippen molar-refractivity contribution in [3.8, 4) is 22.8 Å². The van der Waals surface area contributed by atoms with E-state index in [4.69, 9.17) is 14.5 Å². The number of carbonyl (C=O) groups is 1. The monoisotopic (exact) mass is 421 g/mol. The summed E-state index contributed by atoms with van der Waals surface area (Å²) in [5.41, 5.74) is 5.97. The summed E-state index contributed by atoms with van der Waals surface area (Å²) >= 11 is 1.53. The number of aromatic nitrogens is 2. The highest BCUT2D eigenvalue weighted by Gasteiger charge is 2.15. The van der Waals surface area contributed by atoms with Crippen molar-refractivity contribution < 1.29 is 14.3 Å². The number of carbonyl (C=O) groups excluding carboxylic acids is 1. The molecule has 0 radical (unpaired) electrons. The van der Waals surface area contributed by atoms with Gasteiger partial charge in [0, 0.05) is 28.9 Å². The molecule has 2 heterocycles. The van der Waals surface area contributed by atoms with E-state index >= 15 is 0 Å². The SMILES string of the molecule is COc1ccc(NC(=O)Cc2csc3nc(-c4ccc(C)c(C)c4)cn23)c(OC)c1. The number of methoxy groups -OCH3 is 2. The van der Waals surface area contributed by atoms with E-state index in [1.165, 1.54) is 22.5 Å². The number of ether oxygens (including phenoxy) is 2. The van der Waals surface area contributed by atoms with Crippen LogP contribution in [0.15, 0.2) is 48.0 Å². The molecule has 2 aromatic carbocycles.